The fourth-order valence-electron chi connectivity index (χ4n) is 1.70. The van der Waals surface area contributed by atoms with E-state index in [4.69, 9.17) is 11.6 Å². The highest BCUT2D eigenvalue weighted by Crippen LogP contribution is 2.21. The van der Waals surface area contributed by atoms with E-state index in [-0.39, 0.29) is 5.69 Å². The predicted molar refractivity (Wildman–Crippen MR) is 77.2 cm³/mol. The van der Waals surface area contributed by atoms with E-state index in [9.17, 15) is 14.9 Å². The molecule has 0 saturated carbocycles. The quantitative estimate of drug-likeness (QED) is 0.690. The van der Waals surface area contributed by atoms with Gasteiger partial charge in [-0.1, -0.05) is 23.7 Å². The Hall–Kier alpha value is -2.40. The fourth-order valence-corrected chi connectivity index (χ4v) is 2.02. The Bertz CT molecular complexity index is 686. The average Bonchev–Trinajstić information content (AvgIpc) is 2.38. The van der Waals surface area contributed by atoms with Gasteiger partial charge in [-0.05, 0) is 30.7 Å². The van der Waals surface area contributed by atoms with Crippen molar-refractivity contribution in [2.24, 2.45) is 0 Å². The lowest BCUT2D eigenvalue weighted by Gasteiger charge is -2.07. The molecular formula is C14H11ClN2O3. The third-order valence-corrected chi connectivity index (χ3v) is 3.00. The first-order valence-electron chi connectivity index (χ1n) is 5.79. The molecule has 2 aromatic carbocycles. The van der Waals surface area contributed by atoms with Crippen molar-refractivity contribution in [2.75, 3.05) is 5.32 Å². The zero-order valence-corrected chi connectivity index (χ0v) is 11.3. The van der Waals surface area contributed by atoms with Crippen LogP contribution in [0.15, 0.2) is 42.5 Å². The number of aryl methyl sites for hydroxylation is 1. The van der Waals surface area contributed by atoms with Gasteiger partial charge < -0.3 is 5.32 Å². The van der Waals surface area contributed by atoms with Crippen LogP contribution in [0.2, 0.25) is 5.02 Å². The number of amides is 1. The molecule has 1 N–H and O–H groups in total. The molecule has 0 aliphatic rings. The Labute approximate surface area is 120 Å². The number of halogens is 1. The van der Waals surface area contributed by atoms with Crippen LogP contribution in [0.5, 0.6) is 0 Å². The van der Waals surface area contributed by atoms with Crippen LogP contribution in [0.3, 0.4) is 0 Å². The van der Waals surface area contributed by atoms with Gasteiger partial charge >= 0.3 is 0 Å². The molecule has 20 heavy (non-hydrogen) atoms. The van der Waals surface area contributed by atoms with Gasteiger partial charge in [0, 0.05) is 17.8 Å². The molecule has 0 saturated heterocycles. The van der Waals surface area contributed by atoms with Gasteiger partial charge in [0.1, 0.15) is 0 Å². The van der Waals surface area contributed by atoms with Gasteiger partial charge in [-0.15, -0.1) is 0 Å². The summed E-state index contributed by atoms with van der Waals surface area (Å²) in [5, 5.41) is 13.6. The van der Waals surface area contributed by atoms with Crippen molar-refractivity contribution < 1.29 is 9.72 Å². The molecule has 2 aromatic rings. The summed E-state index contributed by atoms with van der Waals surface area (Å²) >= 11 is 6.00. The molecule has 0 radical (unpaired) electrons. The van der Waals surface area contributed by atoms with Crippen molar-refractivity contribution in [3.63, 3.8) is 0 Å². The van der Waals surface area contributed by atoms with Crippen LogP contribution < -0.4 is 5.32 Å². The summed E-state index contributed by atoms with van der Waals surface area (Å²) in [5.74, 6) is -0.407. The summed E-state index contributed by atoms with van der Waals surface area (Å²) in [6, 6.07) is 10.8. The van der Waals surface area contributed by atoms with E-state index < -0.39 is 10.8 Å². The number of non-ortho nitro benzene ring substituents is 1. The van der Waals surface area contributed by atoms with E-state index in [1.54, 1.807) is 24.3 Å². The van der Waals surface area contributed by atoms with Crippen molar-refractivity contribution >= 4 is 28.9 Å². The Morgan fingerprint density at radius 1 is 1.25 bits per heavy atom. The highest BCUT2D eigenvalue weighted by molar-refractivity contribution is 6.34. The molecule has 0 unspecified atom stereocenters. The number of hydrogen-bond acceptors (Lipinski definition) is 3. The van der Waals surface area contributed by atoms with Crippen molar-refractivity contribution in [1.82, 2.24) is 0 Å². The maximum absolute atomic E-state index is 12.1. The van der Waals surface area contributed by atoms with Crippen molar-refractivity contribution in [2.45, 2.75) is 6.92 Å². The molecule has 0 fully saturated rings. The van der Waals surface area contributed by atoms with Gasteiger partial charge in [-0.25, -0.2) is 0 Å². The molecule has 0 aliphatic heterocycles. The lowest BCUT2D eigenvalue weighted by Crippen LogP contribution is -2.12. The molecule has 0 atom stereocenters. The van der Waals surface area contributed by atoms with Crippen LogP contribution in [-0.2, 0) is 0 Å². The first-order valence-corrected chi connectivity index (χ1v) is 6.17. The number of hydrogen-bond donors (Lipinski definition) is 1. The summed E-state index contributed by atoms with van der Waals surface area (Å²) in [7, 11) is 0. The standard InChI is InChI=1S/C14H11ClN2O3/c1-9-5-6-12(13(15)7-9)14(18)16-10-3-2-4-11(8-10)17(19)20/h2-8H,1H3,(H,16,18). The second-order valence-electron chi connectivity index (χ2n) is 4.24. The van der Waals surface area contributed by atoms with Crippen LogP contribution in [-0.4, -0.2) is 10.8 Å². The van der Waals surface area contributed by atoms with Crippen LogP contribution in [0.4, 0.5) is 11.4 Å². The van der Waals surface area contributed by atoms with Crippen LogP contribution in [0.25, 0.3) is 0 Å². The van der Waals surface area contributed by atoms with E-state index in [2.05, 4.69) is 5.32 Å². The van der Waals surface area contributed by atoms with E-state index >= 15 is 0 Å². The number of carbonyl (C=O) groups is 1. The second kappa shape index (κ2) is 5.71. The first kappa shape index (κ1) is 14.0. The minimum Gasteiger partial charge on any atom is -0.322 e. The number of nitro groups is 1. The Morgan fingerprint density at radius 3 is 2.65 bits per heavy atom. The number of nitro benzene ring substituents is 1. The average molecular weight is 291 g/mol. The van der Waals surface area contributed by atoms with Crippen LogP contribution >= 0.6 is 11.6 Å². The molecule has 5 nitrogen and oxygen atoms in total. The molecule has 2 rings (SSSR count). The maximum Gasteiger partial charge on any atom is 0.271 e. The number of rotatable bonds is 3. The van der Waals surface area contributed by atoms with Gasteiger partial charge in [-0.2, -0.15) is 0 Å². The first-order chi connectivity index (χ1) is 9.47. The predicted octanol–water partition coefficient (Wildman–Crippen LogP) is 3.81. The Balaban J connectivity index is 2.23. The summed E-state index contributed by atoms with van der Waals surface area (Å²) in [6.07, 6.45) is 0. The lowest BCUT2D eigenvalue weighted by atomic mass is 10.1. The third-order valence-electron chi connectivity index (χ3n) is 2.68. The Kier molecular flexibility index (Phi) is 4.00. The fraction of sp³-hybridized carbons (Fsp3) is 0.0714. The summed E-state index contributed by atoms with van der Waals surface area (Å²) < 4.78 is 0. The Morgan fingerprint density at radius 2 is 2.00 bits per heavy atom. The summed E-state index contributed by atoms with van der Waals surface area (Å²) in [5.41, 5.74) is 1.53. The highest BCUT2D eigenvalue weighted by Gasteiger charge is 2.12. The van der Waals surface area contributed by atoms with Crippen LogP contribution in [0.1, 0.15) is 15.9 Å². The van der Waals surface area contributed by atoms with Crippen molar-refractivity contribution in [1.29, 1.82) is 0 Å². The molecule has 0 aliphatic carbocycles. The third kappa shape index (κ3) is 3.13. The van der Waals surface area contributed by atoms with Gasteiger partial charge in [0.05, 0.1) is 15.5 Å². The molecule has 6 heteroatoms. The van der Waals surface area contributed by atoms with Crippen molar-refractivity contribution in [3.8, 4) is 0 Å². The minimum absolute atomic E-state index is 0.0854. The van der Waals surface area contributed by atoms with Crippen LogP contribution in [0, 0.1) is 17.0 Å². The zero-order chi connectivity index (χ0) is 14.7. The molecule has 1 amide bonds. The highest BCUT2D eigenvalue weighted by atomic mass is 35.5. The lowest BCUT2D eigenvalue weighted by molar-refractivity contribution is -0.384. The largest absolute Gasteiger partial charge is 0.322 e. The van der Waals surface area contributed by atoms with E-state index in [1.807, 2.05) is 6.92 Å². The van der Waals surface area contributed by atoms with E-state index in [0.717, 1.165) is 5.56 Å². The SMILES string of the molecule is Cc1ccc(C(=O)Nc2cccc([N+](=O)[O-])c2)c(Cl)c1. The molecular weight excluding hydrogens is 280 g/mol. The van der Waals surface area contributed by atoms with Gasteiger partial charge in [0.25, 0.3) is 11.6 Å². The maximum atomic E-state index is 12.1. The number of nitrogens with zero attached hydrogens (tertiary/aromatic N) is 1. The summed E-state index contributed by atoms with van der Waals surface area (Å²) in [6.45, 7) is 1.87. The summed E-state index contributed by atoms with van der Waals surface area (Å²) in [4.78, 5) is 22.2. The van der Waals surface area contributed by atoms with E-state index in [0.29, 0.717) is 16.3 Å². The molecule has 0 bridgehead atoms. The molecule has 102 valence electrons. The van der Waals surface area contributed by atoms with Gasteiger partial charge in [0.2, 0.25) is 0 Å². The monoisotopic (exact) mass is 290 g/mol. The molecule has 0 spiro atoms. The minimum atomic E-state index is -0.519. The molecule has 0 aromatic heterocycles. The second-order valence-corrected chi connectivity index (χ2v) is 4.65. The number of anilines is 1. The van der Waals surface area contributed by atoms with Crippen molar-refractivity contribution in [3.05, 3.63) is 68.7 Å². The normalized spacial score (nSPS) is 10.1. The zero-order valence-electron chi connectivity index (χ0n) is 10.6. The number of benzene rings is 2. The molecule has 0 heterocycles. The van der Waals surface area contributed by atoms with E-state index in [1.165, 1.54) is 18.2 Å². The topological polar surface area (TPSA) is 72.2 Å². The number of carbonyl (C=O) groups excluding carboxylic acids is 1. The number of nitrogens with one attached hydrogen (secondary N) is 1. The van der Waals surface area contributed by atoms with Gasteiger partial charge in [0.15, 0.2) is 0 Å². The smallest absolute Gasteiger partial charge is 0.271 e. The van der Waals surface area contributed by atoms with Gasteiger partial charge in [-0.3, -0.25) is 14.9 Å².